The number of nitro groups is 2. The molecule has 0 aliphatic carbocycles. The van der Waals surface area contributed by atoms with Crippen molar-refractivity contribution in [1.82, 2.24) is 4.57 Å². The first-order chi connectivity index (χ1) is 14.2. The van der Waals surface area contributed by atoms with Crippen LogP contribution in [0.5, 0.6) is 0 Å². The molecule has 0 radical (unpaired) electrons. The fraction of sp³-hybridized carbons (Fsp3) is 0.0526. The van der Waals surface area contributed by atoms with Crippen LogP contribution < -0.4 is 10.9 Å². The zero-order valence-corrected chi connectivity index (χ0v) is 15.1. The van der Waals surface area contributed by atoms with E-state index in [-0.39, 0.29) is 23.5 Å². The van der Waals surface area contributed by atoms with Crippen LogP contribution in [0, 0.1) is 26.0 Å². The number of hydrogen-bond donors (Lipinski definition) is 1. The molecule has 3 aromatic rings. The van der Waals surface area contributed by atoms with E-state index in [1.165, 1.54) is 53.2 Å². The Balaban J connectivity index is 1.81. The Kier molecular flexibility index (Phi) is 5.63. The molecular weight excluding hydrogens is 399 g/mol. The van der Waals surface area contributed by atoms with Crippen molar-refractivity contribution in [2.24, 2.45) is 0 Å². The van der Waals surface area contributed by atoms with E-state index in [1.54, 1.807) is 0 Å². The van der Waals surface area contributed by atoms with Crippen LogP contribution in [-0.4, -0.2) is 20.3 Å². The summed E-state index contributed by atoms with van der Waals surface area (Å²) in [6.45, 7) is 0.0694. The Morgan fingerprint density at radius 1 is 1.00 bits per heavy atom. The van der Waals surface area contributed by atoms with Crippen molar-refractivity contribution >= 4 is 23.0 Å². The highest BCUT2D eigenvalue weighted by Crippen LogP contribution is 2.22. The zero-order valence-electron chi connectivity index (χ0n) is 15.1. The highest BCUT2D eigenvalue weighted by molar-refractivity contribution is 6.04. The number of non-ortho nitro benzene ring substituents is 1. The number of anilines is 1. The molecule has 30 heavy (non-hydrogen) atoms. The van der Waals surface area contributed by atoms with Crippen LogP contribution >= 0.6 is 0 Å². The summed E-state index contributed by atoms with van der Waals surface area (Å²) < 4.78 is 14.7. The predicted molar refractivity (Wildman–Crippen MR) is 104 cm³/mol. The van der Waals surface area contributed by atoms with Gasteiger partial charge in [0, 0.05) is 36.1 Å². The topological polar surface area (TPSA) is 137 Å². The molecule has 0 bridgehead atoms. The number of hydrogen-bond acceptors (Lipinski definition) is 6. The minimum atomic E-state index is -1.03. The molecule has 1 heterocycles. The van der Waals surface area contributed by atoms with Crippen molar-refractivity contribution in [2.75, 3.05) is 5.32 Å². The number of aromatic nitrogens is 1. The maximum Gasteiger partial charge on any atom is 0.306 e. The Morgan fingerprint density at radius 2 is 1.70 bits per heavy atom. The molecule has 3 rings (SSSR count). The molecular formula is C19H13FN4O6. The van der Waals surface area contributed by atoms with Crippen LogP contribution in [0.3, 0.4) is 0 Å². The van der Waals surface area contributed by atoms with Crippen molar-refractivity contribution in [3.8, 4) is 0 Å². The zero-order chi connectivity index (χ0) is 21.8. The van der Waals surface area contributed by atoms with Gasteiger partial charge in [0.2, 0.25) is 5.82 Å². The number of carbonyl (C=O) groups is 1. The molecule has 0 atom stereocenters. The van der Waals surface area contributed by atoms with Crippen LogP contribution in [0.25, 0.3) is 0 Å². The molecule has 0 aliphatic heterocycles. The maximum absolute atomic E-state index is 13.4. The van der Waals surface area contributed by atoms with Crippen molar-refractivity contribution in [1.29, 1.82) is 0 Å². The quantitative estimate of drug-likeness (QED) is 0.488. The second-order valence-electron chi connectivity index (χ2n) is 6.18. The van der Waals surface area contributed by atoms with E-state index in [0.717, 1.165) is 12.1 Å². The molecule has 0 saturated heterocycles. The number of nitrogens with one attached hydrogen (secondary N) is 1. The molecule has 10 nitrogen and oxygen atoms in total. The smallest absolute Gasteiger partial charge is 0.306 e. The highest BCUT2D eigenvalue weighted by atomic mass is 19.1. The lowest BCUT2D eigenvalue weighted by Crippen LogP contribution is -2.22. The largest absolute Gasteiger partial charge is 0.322 e. The second kappa shape index (κ2) is 8.31. The molecule has 0 saturated carbocycles. The third-order valence-electron chi connectivity index (χ3n) is 4.15. The average molecular weight is 412 g/mol. The van der Waals surface area contributed by atoms with E-state index in [9.17, 15) is 34.2 Å². The van der Waals surface area contributed by atoms with Gasteiger partial charge < -0.3 is 9.88 Å². The Labute approximate surface area is 167 Å². The number of carbonyl (C=O) groups excluding carboxylic acids is 1. The Morgan fingerprint density at radius 3 is 2.33 bits per heavy atom. The normalized spacial score (nSPS) is 10.4. The molecule has 0 unspecified atom stereocenters. The van der Waals surface area contributed by atoms with Crippen molar-refractivity contribution in [2.45, 2.75) is 6.54 Å². The fourth-order valence-corrected chi connectivity index (χ4v) is 2.64. The summed E-state index contributed by atoms with van der Waals surface area (Å²) in [6, 6.07) is 11.0. The van der Waals surface area contributed by atoms with Crippen LogP contribution in [0.1, 0.15) is 15.9 Å². The van der Waals surface area contributed by atoms with Gasteiger partial charge in [-0.1, -0.05) is 12.1 Å². The minimum absolute atomic E-state index is 0.0150. The molecule has 0 spiro atoms. The molecule has 1 aromatic heterocycles. The lowest BCUT2D eigenvalue weighted by Gasteiger charge is -2.09. The first-order valence-electron chi connectivity index (χ1n) is 8.44. The summed E-state index contributed by atoms with van der Waals surface area (Å²) in [4.78, 5) is 44.6. The van der Waals surface area contributed by atoms with Crippen LogP contribution in [0.15, 0.2) is 65.6 Å². The summed E-state index contributed by atoms with van der Waals surface area (Å²) >= 11 is 0. The number of halogens is 1. The fourth-order valence-electron chi connectivity index (χ4n) is 2.64. The van der Waals surface area contributed by atoms with E-state index >= 15 is 0 Å². The molecule has 11 heteroatoms. The molecule has 1 N–H and O–H groups in total. The van der Waals surface area contributed by atoms with Crippen molar-refractivity contribution in [3.05, 3.63) is 108 Å². The molecule has 152 valence electrons. The van der Waals surface area contributed by atoms with Crippen molar-refractivity contribution in [3.63, 3.8) is 0 Å². The third kappa shape index (κ3) is 4.52. The van der Waals surface area contributed by atoms with E-state index in [2.05, 4.69) is 5.32 Å². The third-order valence-corrected chi connectivity index (χ3v) is 4.15. The number of pyridine rings is 1. The first kappa shape index (κ1) is 20.3. The van der Waals surface area contributed by atoms with Crippen LogP contribution in [0.2, 0.25) is 0 Å². The minimum Gasteiger partial charge on any atom is -0.322 e. The summed E-state index contributed by atoms with van der Waals surface area (Å²) in [5.41, 5.74) is -0.565. The van der Waals surface area contributed by atoms with Gasteiger partial charge in [-0.05, 0) is 23.8 Å². The second-order valence-corrected chi connectivity index (χ2v) is 6.18. The SMILES string of the molecule is O=C(Nc1ccc(F)c([N+](=O)[O-])c1)c1ccc(=O)n(Cc2ccc([N+](=O)[O-])cc2)c1. The van der Waals surface area contributed by atoms with Gasteiger partial charge in [-0.15, -0.1) is 0 Å². The number of rotatable bonds is 6. The van der Waals surface area contributed by atoms with Crippen molar-refractivity contribution < 1.29 is 19.0 Å². The highest BCUT2D eigenvalue weighted by Gasteiger charge is 2.16. The molecule has 0 fully saturated rings. The number of amides is 1. The predicted octanol–water partition coefficient (Wildman–Crippen LogP) is 3.10. The summed E-state index contributed by atoms with van der Waals surface area (Å²) in [6.07, 6.45) is 1.29. The Hall–Kier alpha value is -4.41. The van der Waals surface area contributed by atoms with Gasteiger partial charge in [-0.3, -0.25) is 29.8 Å². The standard InChI is InChI=1S/C19H13FN4O6/c20-16-7-4-14(9-17(16)24(29)30)21-19(26)13-3-8-18(25)22(11-13)10-12-1-5-15(6-2-12)23(27)28/h1-9,11H,10H2,(H,21,26). The number of nitro benzene ring substituents is 2. The molecule has 1 amide bonds. The van der Waals surface area contributed by atoms with Gasteiger partial charge in [0.15, 0.2) is 0 Å². The monoisotopic (exact) mass is 412 g/mol. The lowest BCUT2D eigenvalue weighted by atomic mass is 10.2. The van der Waals surface area contributed by atoms with Crippen LogP contribution in [0.4, 0.5) is 21.5 Å². The lowest BCUT2D eigenvalue weighted by molar-refractivity contribution is -0.387. The van der Waals surface area contributed by atoms with E-state index in [0.29, 0.717) is 5.56 Å². The molecule has 2 aromatic carbocycles. The summed E-state index contributed by atoms with van der Waals surface area (Å²) in [7, 11) is 0. The Bertz CT molecular complexity index is 1210. The van der Waals surface area contributed by atoms with E-state index < -0.39 is 32.8 Å². The van der Waals surface area contributed by atoms with E-state index in [4.69, 9.17) is 0 Å². The summed E-state index contributed by atoms with van der Waals surface area (Å²) in [5.74, 6) is -1.69. The number of nitrogens with zero attached hydrogens (tertiary/aromatic N) is 3. The van der Waals surface area contributed by atoms with Gasteiger partial charge in [0.1, 0.15) is 0 Å². The first-order valence-corrected chi connectivity index (χ1v) is 8.44. The van der Waals surface area contributed by atoms with Gasteiger partial charge in [-0.25, -0.2) is 0 Å². The van der Waals surface area contributed by atoms with E-state index in [1.807, 2.05) is 0 Å². The summed E-state index contributed by atoms with van der Waals surface area (Å²) in [5, 5.41) is 24.0. The van der Waals surface area contributed by atoms with Gasteiger partial charge in [0.05, 0.1) is 22.0 Å². The number of benzene rings is 2. The van der Waals surface area contributed by atoms with Gasteiger partial charge >= 0.3 is 5.69 Å². The molecule has 0 aliphatic rings. The average Bonchev–Trinajstić information content (AvgIpc) is 2.71. The van der Waals surface area contributed by atoms with Crippen LogP contribution in [-0.2, 0) is 6.54 Å². The van der Waals surface area contributed by atoms with Gasteiger partial charge in [-0.2, -0.15) is 4.39 Å². The van der Waals surface area contributed by atoms with Gasteiger partial charge in [0.25, 0.3) is 17.2 Å². The maximum atomic E-state index is 13.4.